The van der Waals surface area contributed by atoms with E-state index in [2.05, 4.69) is 17.7 Å². The van der Waals surface area contributed by atoms with Crippen LogP contribution in [-0.2, 0) is 0 Å². The first-order chi connectivity index (χ1) is 16.5. The SMILES string of the molecule is CCCCCC[C@H]1CC[C@H](c2ccc3c(F)c(-c4ccc(OC(F)F)c(F)c4)ccc3c2)CC1. The summed E-state index contributed by atoms with van der Waals surface area (Å²) in [7, 11) is 0. The monoisotopic (exact) mass is 472 g/mol. The molecule has 0 radical (unpaired) electrons. The lowest BCUT2D eigenvalue weighted by Crippen LogP contribution is -2.13. The Kier molecular flexibility index (Phi) is 8.12. The minimum atomic E-state index is -3.12. The highest BCUT2D eigenvalue weighted by atomic mass is 19.3. The van der Waals surface area contributed by atoms with Gasteiger partial charge < -0.3 is 4.74 Å². The van der Waals surface area contributed by atoms with Gasteiger partial charge in [-0.3, -0.25) is 0 Å². The number of hydrogen-bond donors (Lipinski definition) is 0. The first kappa shape index (κ1) is 24.6. The fourth-order valence-corrected chi connectivity index (χ4v) is 5.29. The summed E-state index contributed by atoms with van der Waals surface area (Å²) < 4.78 is 58.4. The molecule has 0 unspecified atom stereocenters. The Labute approximate surface area is 199 Å². The molecule has 0 heterocycles. The predicted octanol–water partition coefficient (Wildman–Crippen LogP) is 9.63. The van der Waals surface area contributed by atoms with Crippen molar-refractivity contribution < 1.29 is 22.3 Å². The molecule has 4 rings (SSSR count). The van der Waals surface area contributed by atoms with E-state index >= 15 is 4.39 Å². The Morgan fingerprint density at radius 1 is 0.882 bits per heavy atom. The van der Waals surface area contributed by atoms with Crippen LogP contribution in [0.25, 0.3) is 21.9 Å². The number of hydrogen-bond acceptors (Lipinski definition) is 1. The normalized spacial score (nSPS) is 18.5. The zero-order valence-electron chi connectivity index (χ0n) is 19.6. The maximum absolute atomic E-state index is 15.3. The van der Waals surface area contributed by atoms with Crippen LogP contribution >= 0.6 is 0 Å². The Morgan fingerprint density at radius 3 is 2.38 bits per heavy atom. The molecule has 34 heavy (non-hydrogen) atoms. The molecule has 182 valence electrons. The first-order valence-electron chi connectivity index (χ1n) is 12.4. The fraction of sp³-hybridized carbons (Fsp3) is 0.448. The number of unbranched alkanes of at least 4 members (excludes halogenated alkanes) is 3. The Bertz CT molecular complexity index is 1100. The van der Waals surface area contributed by atoms with Gasteiger partial charge in [-0.2, -0.15) is 8.78 Å². The zero-order chi connectivity index (χ0) is 24.1. The van der Waals surface area contributed by atoms with Crippen molar-refractivity contribution in [2.45, 2.75) is 77.2 Å². The maximum atomic E-state index is 15.3. The van der Waals surface area contributed by atoms with Gasteiger partial charge in [-0.1, -0.05) is 75.4 Å². The lowest BCUT2D eigenvalue weighted by molar-refractivity contribution is -0.0521. The van der Waals surface area contributed by atoms with E-state index in [-0.39, 0.29) is 11.1 Å². The van der Waals surface area contributed by atoms with Gasteiger partial charge >= 0.3 is 6.61 Å². The third-order valence-corrected chi connectivity index (χ3v) is 7.22. The van der Waals surface area contributed by atoms with Crippen LogP contribution in [-0.4, -0.2) is 6.61 Å². The van der Waals surface area contributed by atoms with Crippen molar-refractivity contribution in [1.29, 1.82) is 0 Å². The number of benzene rings is 3. The van der Waals surface area contributed by atoms with Gasteiger partial charge in [-0.15, -0.1) is 0 Å². The van der Waals surface area contributed by atoms with E-state index in [0.29, 0.717) is 11.3 Å². The summed E-state index contributed by atoms with van der Waals surface area (Å²) in [4.78, 5) is 0. The molecule has 0 saturated heterocycles. The van der Waals surface area contributed by atoms with Crippen molar-refractivity contribution in [1.82, 2.24) is 0 Å². The molecule has 1 fully saturated rings. The molecule has 0 atom stereocenters. The zero-order valence-corrected chi connectivity index (χ0v) is 19.6. The van der Waals surface area contributed by atoms with E-state index in [4.69, 9.17) is 0 Å². The van der Waals surface area contributed by atoms with Gasteiger partial charge in [0.1, 0.15) is 5.82 Å². The maximum Gasteiger partial charge on any atom is 0.387 e. The molecule has 0 spiro atoms. The van der Waals surface area contributed by atoms with E-state index in [1.165, 1.54) is 69.4 Å². The Morgan fingerprint density at radius 2 is 1.68 bits per heavy atom. The minimum Gasteiger partial charge on any atom is -0.432 e. The molecule has 0 bridgehead atoms. The molecule has 1 aliphatic carbocycles. The topological polar surface area (TPSA) is 9.23 Å². The first-order valence-corrected chi connectivity index (χ1v) is 12.4. The van der Waals surface area contributed by atoms with Crippen molar-refractivity contribution in [3.8, 4) is 16.9 Å². The molecule has 1 aliphatic rings. The summed E-state index contributed by atoms with van der Waals surface area (Å²) in [6, 6.07) is 12.9. The van der Waals surface area contributed by atoms with E-state index in [0.717, 1.165) is 23.4 Å². The van der Waals surface area contributed by atoms with Crippen LogP contribution in [0, 0.1) is 17.6 Å². The van der Waals surface area contributed by atoms with Crippen molar-refractivity contribution in [2.75, 3.05) is 0 Å². The van der Waals surface area contributed by atoms with Crippen LogP contribution in [0.3, 0.4) is 0 Å². The lowest BCUT2D eigenvalue weighted by Gasteiger charge is -2.29. The largest absolute Gasteiger partial charge is 0.432 e. The summed E-state index contributed by atoms with van der Waals surface area (Å²) in [5.41, 5.74) is 1.76. The molecule has 5 heteroatoms. The second-order valence-electron chi connectivity index (χ2n) is 9.50. The minimum absolute atomic E-state index is 0.228. The van der Waals surface area contributed by atoms with Crippen molar-refractivity contribution in [3.05, 3.63) is 65.7 Å². The van der Waals surface area contributed by atoms with Gasteiger partial charge in [-0.25, -0.2) is 8.78 Å². The molecule has 1 saturated carbocycles. The molecule has 0 aromatic heterocycles. The van der Waals surface area contributed by atoms with Gasteiger partial charge in [0, 0.05) is 10.9 Å². The third-order valence-electron chi connectivity index (χ3n) is 7.22. The molecular weight excluding hydrogens is 440 g/mol. The summed E-state index contributed by atoms with van der Waals surface area (Å²) in [5, 5.41) is 1.29. The quantitative estimate of drug-likeness (QED) is 0.222. The van der Waals surface area contributed by atoms with Crippen molar-refractivity contribution in [2.24, 2.45) is 5.92 Å². The highest BCUT2D eigenvalue weighted by molar-refractivity contribution is 5.89. The van der Waals surface area contributed by atoms with Gasteiger partial charge in [0.15, 0.2) is 11.6 Å². The number of alkyl halides is 2. The van der Waals surface area contributed by atoms with E-state index < -0.39 is 24.0 Å². The highest BCUT2D eigenvalue weighted by Gasteiger charge is 2.23. The summed E-state index contributed by atoms with van der Waals surface area (Å²) in [6.07, 6.45) is 11.5. The van der Waals surface area contributed by atoms with Crippen LogP contribution in [0.15, 0.2) is 48.5 Å². The molecule has 0 aliphatic heterocycles. The molecule has 0 N–H and O–H groups in total. The average Bonchev–Trinajstić information content (AvgIpc) is 2.83. The summed E-state index contributed by atoms with van der Waals surface area (Å²) in [6.45, 7) is -0.875. The second-order valence-corrected chi connectivity index (χ2v) is 9.50. The number of fused-ring (bicyclic) bond motifs is 1. The second kappa shape index (κ2) is 11.2. The van der Waals surface area contributed by atoms with Gasteiger partial charge in [0.25, 0.3) is 0 Å². The number of halogens is 4. The highest BCUT2D eigenvalue weighted by Crippen LogP contribution is 2.39. The van der Waals surface area contributed by atoms with E-state index in [1.54, 1.807) is 6.07 Å². The van der Waals surface area contributed by atoms with E-state index in [1.807, 2.05) is 18.2 Å². The van der Waals surface area contributed by atoms with Crippen LogP contribution in [0.5, 0.6) is 5.75 Å². The molecule has 3 aromatic carbocycles. The van der Waals surface area contributed by atoms with Gasteiger partial charge in [0.05, 0.1) is 0 Å². The lowest BCUT2D eigenvalue weighted by atomic mass is 9.76. The summed E-state index contributed by atoms with van der Waals surface area (Å²) >= 11 is 0. The molecule has 3 aromatic rings. The van der Waals surface area contributed by atoms with Crippen molar-refractivity contribution >= 4 is 10.8 Å². The third kappa shape index (κ3) is 5.73. The van der Waals surface area contributed by atoms with Crippen LogP contribution in [0.4, 0.5) is 17.6 Å². The summed E-state index contributed by atoms with van der Waals surface area (Å²) in [5.74, 6) is -0.599. The average molecular weight is 473 g/mol. The van der Waals surface area contributed by atoms with Crippen LogP contribution in [0.2, 0.25) is 0 Å². The van der Waals surface area contributed by atoms with E-state index in [9.17, 15) is 13.2 Å². The van der Waals surface area contributed by atoms with Gasteiger partial charge in [-0.05, 0) is 66.2 Å². The molecule has 0 amide bonds. The van der Waals surface area contributed by atoms with Crippen LogP contribution in [0.1, 0.15) is 76.2 Å². The van der Waals surface area contributed by atoms with Crippen LogP contribution < -0.4 is 4.74 Å². The predicted molar refractivity (Wildman–Crippen MR) is 129 cm³/mol. The standard InChI is InChI=1S/C29H32F4O/c1-2-3-4-5-6-19-7-9-20(10-8-19)21-11-14-24-22(17-21)12-15-25(28(24)31)23-13-16-27(26(30)18-23)34-29(32)33/h11-20,29H,2-10H2,1H3/t19-,20-. The number of ether oxygens (including phenoxy) is 1. The Hall–Kier alpha value is -2.56. The molecule has 1 nitrogen and oxygen atoms in total. The fourth-order valence-electron chi connectivity index (χ4n) is 5.29. The smallest absolute Gasteiger partial charge is 0.387 e. The Balaban J connectivity index is 1.47. The number of rotatable bonds is 9. The van der Waals surface area contributed by atoms with Crippen molar-refractivity contribution in [3.63, 3.8) is 0 Å². The van der Waals surface area contributed by atoms with Gasteiger partial charge in [0.2, 0.25) is 0 Å². The molecular formula is C29H32F4O.